The number of sulfonamides is 1. The summed E-state index contributed by atoms with van der Waals surface area (Å²) in [6.07, 6.45) is 0. The summed E-state index contributed by atoms with van der Waals surface area (Å²) in [5.41, 5.74) is 0.370. The predicted octanol–water partition coefficient (Wildman–Crippen LogP) is -1.50. The Morgan fingerprint density at radius 3 is 2.38 bits per heavy atom. The molecule has 0 aliphatic rings. The highest BCUT2D eigenvalue weighted by Gasteiger charge is 2.13. The lowest BCUT2D eigenvalue weighted by molar-refractivity contribution is -0.856. The van der Waals surface area contributed by atoms with E-state index in [9.17, 15) is 13.2 Å². The number of quaternary nitrogens is 1. The first kappa shape index (κ1) is 20.2. The Balaban J connectivity index is 2.51. The van der Waals surface area contributed by atoms with Crippen molar-refractivity contribution in [3.63, 3.8) is 0 Å². The van der Waals surface area contributed by atoms with Crippen molar-refractivity contribution in [1.29, 1.82) is 0 Å². The van der Waals surface area contributed by atoms with E-state index in [2.05, 4.69) is 10.0 Å². The molecule has 1 rings (SSSR count). The first-order valence-corrected chi connectivity index (χ1v) is 9.21. The standard InChI is InChI=1S/C15H25N3O5S/c1-18(2)9-7-17-24(20,21)10-8-16-15(19)12-5-6-13(22-3)14(11-12)23-4/h5-6,11,17H,7-10H2,1-4H3,(H,16,19)/p+1. The highest BCUT2D eigenvalue weighted by atomic mass is 32.2. The van der Waals surface area contributed by atoms with Crippen molar-refractivity contribution < 1.29 is 27.6 Å². The van der Waals surface area contributed by atoms with Gasteiger partial charge in [-0.3, -0.25) is 4.79 Å². The molecule has 0 heterocycles. The van der Waals surface area contributed by atoms with Crippen molar-refractivity contribution in [3.8, 4) is 11.5 Å². The van der Waals surface area contributed by atoms with Crippen LogP contribution in [0.4, 0.5) is 0 Å². The van der Waals surface area contributed by atoms with Gasteiger partial charge in [0.25, 0.3) is 5.91 Å². The molecule has 1 aromatic rings. The minimum absolute atomic E-state index is 0.0251. The Morgan fingerprint density at radius 1 is 1.12 bits per heavy atom. The van der Waals surface area contributed by atoms with Gasteiger partial charge >= 0.3 is 0 Å². The number of carbonyl (C=O) groups is 1. The fourth-order valence-electron chi connectivity index (χ4n) is 1.91. The second kappa shape index (κ2) is 9.45. The molecule has 0 aromatic heterocycles. The summed E-state index contributed by atoms with van der Waals surface area (Å²) in [6.45, 7) is 1.09. The summed E-state index contributed by atoms with van der Waals surface area (Å²) >= 11 is 0. The molecule has 0 aliphatic heterocycles. The predicted molar refractivity (Wildman–Crippen MR) is 91.3 cm³/mol. The van der Waals surface area contributed by atoms with E-state index < -0.39 is 10.0 Å². The van der Waals surface area contributed by atoms with Crippen LogP contribution >= 0.6 is 0 Å². The van der Waals surface area contributed by atoms with E-state index in [1.165, 1.54) is 14.2 Å². The zero-order valence-electron chi connectivity index (χ0n) is 14.5. The molecule has 0 bridgehead atoms. The van der Waals surface area contributed by atoms with Gasteiger partial charge in [-0.2, -0.15) is 0 Å². The van der Waals surface area contributed by atoms with Crippen molar-refractivity contribution in [2.24, 2.45) is 0 Å². The Morgan fingerprint density at radius 2 is 1.79 bits per heavy atom. The fraction of sp³-hybridized carbons (Fsp3) is 0.533. The normalized spacial score (nSPS) is 11.4. The van der Waals surface area contributed by atoms with Crippen LogP contribution in [0.5, 0.6) is 11.5 Å². The van der Waals surface area contributed by atoms with Gasteiger partial charge in [0.05, 0.1) is 47.2 Å². The average Bonchev–Trinajstić information content (AvgIpc) is 2.53. The topological polar surface area (TPSA) is 98.2 Å². The maximum Gasteiger partial charge on any atom is 0.251 e. The first-order valence-electron chi connectivity index (χ1n) is 7.55. The molecule has 1 aromatic carbocycles. The Hall–Kier alpha value is -1.84. The average molecular weight is 360 g/mol. The second-order valence-corrected chi connectivity index (χ2v) is 7.42. The molecule has 136 valence electrons. The molecule has 1 amide bonds. The highest BCUT2D eigenvalue weighted by molar-refractivity contribution is 7.89. The Labute approximate surface area is 143 Å². The zero-order chi connectivity index (χ0) is 18.2. The van der Waals surface area contributed by atoms with Crippen LogP contribution in [0.25, 0.3) is 0 Å². The monoisotopic (exact) mass is 360 g/mol. The summed E-state index contributed by atoms with van der Waals surface area (Å²) in [7, 11) is 3.47. The third-order valence-electron chi connectivity index (χ3n) is 3.25. The number of rotatable bonds is 10. The molecular formula is C15H26N3O5S+. The number of nitrogens with one attached hydrogen (secondary N) is 3. The number of hydrogen-bond donors (Lipinski definition) is 3. The SMILES string of the molecule is COc1ccc(C(=O)NCCS(=O)(=O)NCC[NH+](C)C)cc1OC. The van der Waals surface area contributed by atoms with Crippen LogP contribution in [-0.2, 0) is 10.0 Å². The van der Waals surface area contributed by atoms with Gasteiger partial charge in [-0.05, 0) is 18.2 Å². The second-order valence-electron chi connectivity index (χ2n) is 5.50. The molecule has 8 nitrogen and oxygen atoms in total. The number of likely N-dealkylation sites (N-methyl/N-ethyl adjacent to an activating group) is 1. The first-order chi connectivity index (χ1) is 11.3. The van der Waals surface area contributed by atoms with Crippen molar-refractivity contribution in [1.82, 2.24) is 10.0 Å². The molecule has 0 atom stereocenters. The minimum Gasteiger partial charge on any atom is -0.493 e. The summed E-state index contributed by atoms with van der Waals surface area (Å²) in [4.78, 5) is 13.2. The fourth-order valence-corrected chi connectivity index (χ4v) is 2.84. The van der Waals surface area contributed by atoms with Crippen LogP contribution in [0, 0.1) is 0 Å². The maximum absolute atomic E-state index is 12.1. The lowest BCUT2D eigenvalue weighted by Gasteiger charge is -2.11. The summed E-state index contributed by atoms with van der Waals surface area (Å²) in [5, 5.41) is 2.58. The molecule has 0 fully saturated rings. The van der Waals surface area contributed by atoms with Gasteiger partial charge in [0.2, 0.25) is 10.0 Å². The van der Waals surface area contributed by atoms with Gasteiger partial charge in [0.15, 0.2) is 11.5 Å². The van der Waals surface area contributed by atoms with E-state index in [1.54, 1.807) is 18.2 Å². The molecule has 0 saturated carbocycles. The van der Waals surface area contributed by atoms with Gasteiger partial charge in [0.1, 0.15) is 0 Å². The van der Waals surface area contributed by atoms with Crippen molar-refractivity contribution >= 4 is 15.9 Å². The third kappa shape index (κ3) is 6.73. The number of benzene rings is 1. The molecule has 9 heteroatoms. The van der Waals surface area contributed by atoms with Crippen LogP contribution in [0.15, 0.2) is 18.2 Å². The van der Waals surface area contributed by atoms with Crippen LogP contribution in [0.2, 0.25) is 0 Å². The largest absolute Gasteiger partial charge is 0.493 e. The van der Waals surface area contributed by atoms with Crippen LogP contribution in [0.1, 0.15) is 10.4 Å². The quantitative estimate of drug-likeness (QED) is 0.472. The van der Waals surface area contributed by atoms with Crippen molar-refractivity contribution in [3.05, 3.63) is 23.8 Å². The van der Waals surface area contributed by atoms with E-state index in [4.69, 9.17) is 9.47 Å². The highest BCUT2D eigenvalue weighted by Crippen LogP contribution is 2.27. The summed E-state index contributed by atoms with van der Waals surface area (Å²) in [6, 6.07) is 4.75. The van der Waals surface area contributed by atoms with E-state index in [0.29, 0.717) is 30.2 Å². The lowest BCUT2D eigenvalue weighted by atomic mass is 10.2. The van der Waals surface area contributed by atoms with Crippen LogP contribution in [-0.4, -0.2) is 68.0 Å². The minimum atomic E-state index is -3.40. The van der Waals surface area contributed by atoms with E-state index in [-0.39, 0.29) is 18.2 Å². The van der Waals surface area contributed by atoms with E-state index in [0.717, 1.165) is 4.90 Å². The molecule has 0 saturated heterocycles. The number of methoxy groups -OCH3 is 2. The summed E-state index contributed by atoms with van der Waals surface area (Å²) in [5.74, 6) is 0.410. The Kier molecular flexibility index (Phi) is 7.96. The number of ether oxygens (including phenoxy) is 2. The van der Waals surface area contributed by atoms with Crippen LogP contribution in [0.3, 0.4) is 0 Å². The summed E-state index contributed by atoms with van der Waals surface area (Å²) < 4.78 is 36.4. The molecule has 3 N–H and O–H groups in total. The maximum atomic E-state index is 12.1. The number of amides is 1. The van der Waals surface area contributed by atoms with Gasteiger partial charge in [0, 0.05) is 12.1 Å². The van der Waals surface area contributed by atoms with Gasteiger partial charge in [-0.15, -0.1) is 0 Å². The van der Waals surface area contributed by atoms with Crippen molar-refractivity contribution in [2.75, 3.05) is 53.7 Å². The molecule has 0 aliphatic carbocycles. The lowest BCUT2D eigenvalue weighted by Crippen LogP contribution is -3.06. The Bertz CT molecular complexity index is 647. The van der Waals surface area contributed by atoms with Gasteiger partial charge in [-0.25, -0.2) is 13.1 Å². The molecule has 0 spiro atoms. The van der Waals surface area contributed by atoms with Crippen molar-refractivity contribution in [2.45, 2.75) is 0 Å². The number of hydrogen-bond acceptors (Lipinski definition) is 5. The smallest absolute Gasteiger partial charge is 0.251 e. The van der Waals surface area contributed by atoms with Crippen LogP contribution < -0.4 is 24.4 Å². The van der Waals surface area contributed by atoms with E-state index in [1.807, 2.05) is 14.1 Å². The molecule has 0 unspecified atom stereocenters. The van der Waals surface area contributed by atoms with E-state index >= 15 is 0 Å². The van der Waals surface area contributed by atoms with Gasteiger partial charge < -0.3 is 19.7 Å². The molecule has 24 heavy (non-hydrogen) atoms. The molecule has 0 radical (unpaired) electrons. The third-order valence-corrected chi connectivity index (χ3v) is 4.63. The zero-order valence-corrected chi connectivity index (χ0v) is 15.3. The van der Waals surface area contributed by atoms with Gasteiger partial charge in [-0.1, -0.05) is 0 Å². The number of carbonyl (C=O) groups excluding carboxylic acids is 1. The molecular weight excluding hydrogens is 334 g/mol.